The molecule has 6 nitrogen and oxygen atoms in total. The molecule has 1 amide bonds. The number of benzene rings is 1. The minimum Gasteiger partial charge on any atom is -0.355 e. The van der Waals surface area contributed by atoms with Crippen molar-refractivity contribution in [1.82, 2.24) is 14.5 Å². The summed E-state index contributed by atoms with van der Waals surface area (Å²) in [6.07, 6.45) is 7.83. The van der Waals surface area contributed by atoms with Gasteiger partial charge in [0, 0.05) is 31.1 Å². The largest absolute Gasteiger partial charge is 0.355 e. The third-order valence-electron chi connectivity index (χ3n) is 5.30. The number of likely N-dealkylation sites (tertiary alicyclic amines) is 1. The molecule has 1 aliphatic rings. The van der Waals surface area contributed by atoms with E-state index in [9.17, 15) is 13.2 Å². The first-order valence-corrected chi connectivity index (χ1v) is 12.7. The van der Waals surface area contributed by atoms with Gasteiger partial charge in [-0.15, -0.1) is 11.8 Å². The summed E-state index contributed by atoms with van der Waals surface area (Å²) < 4.78 is 26.3. The molecule has 1 N–H and O–H groups in total. The highest BCUT2D eigenvalue weighted by molar-refractivity contribution is 7.98. The Morgan fingerprint density at radius 2 is 2.00 bits per heavy atom. The summed E-state index contributed by atoms with van der Waals surface area (Å²) in [4.78, 5) is 15.9. The Labute approximate surface area is 174 Å². The smallest absolute Gasteiger partial charge is 0.243 e. The Bertz CT molecular complexity index is 723. The molecule has 1 saturated heterocycles. The van der Waals surface area contributed by atoms with Crippen LogP contribution in [-0.4, -0.2) is 69.1 Å². The fraction of sp³-hybridized carbons (Fsp3) is 0.650. The maximum atomic E-state index is 12.6. The Hall–Kier alpha value is -1.09. The van der Waals surface area contributed by atoms with Gasteiger partial charge in [-0.3, -0.25) is 4.79 Å². The molecule has 0 radical (unpaired) electrons. The predicted octanol–water partition coefficient (Wildman–Crippen LogP) is 2.80. The lowest BCUT2D eigenvalue weighted by Crippen LogP contribution is -2.42. The van der Waals surface area contributed by atoms with Crippen molar-refractivity contribution in [3.05, 3.63) is 24.3 Å². The topological polar surface area (TPSA) is 69.7 Å². The third kappa shape index (κ3) is 6.47. The quantitative estimate of drug-likeness (QED) is 0.459. The van der Waals surface area contributed by atoms with E-state index in [1.807, 2.05) is 6.26 Å². The molecule has 1 aromatic rings. The van der Waals surface area contributed by atoms with E-state index in [0.29, 0.717) is 12.6 Å². The van der Waals surface area contributed by atoms with Crippen LogP contribution in [0.2, 0.25) is 0 Å². The maximum Gasteiger partial charge on any atom is 0.243 e. The van der Waals surface area contributed by atoms with E-state index in [1.165, 1.54) is 32.7 Å². The number of piperidine rings is 1. The first-order valence-electron chi connectivity index (χ1n) is 9.99. The molecule has 1 unspecified atom stereocenters. The van der Waals surface area contributed by atoms with E-state index in [-0.39, 0.29) is 17.3 Å². The lowest BCUT2D eigenvalue weighted by molar-refractivity contribution is -0.121. The average molecular weight is 428 g/mol. The number of thioether (sulfide) groups is 1. The van der Waals surface area contributed by atoms with E-state index >= 15 is 0 Å². The number of carbonyl (C=O) groups is 1. The van der Waals surface area contributed by atoms with E-state index in [0.717, 1.165) is 28.7 Å². The van der Waals surface area contributed by atoms with Crippen LogP contribution in [0.25, 0.3) is 0 Å². The molecule has 28 heavy (non-hydrogen) atoms. The van der Waals surface area contributed by atoms with Gasteiger partial charge in [0.15, 0.2) is 0 Å². The number of sulfonamides is 1. The lowest BCUT2D eigenvalue weighted by atomic mass is 10.00. The first-order chi connectivity index (χ1) is 13.4. The van der Waals surface area contributed by atoms with Crippen molar-refractivity contribution >= 4 is 27.7 Å². The first kappa shape index (κ1) is 23.2. The van der Waals surface area contributed by atoms with Crippen molar-refractivity contribution in [2.24, 2.45) is 0 Å². The van der Waals surface area contributed by atoms with Gasteiger partial charge in [0.05, 0.1) is 11.4 Å². The summed E-state index contributed by atoms with van der Waals surface area (Å²) in [5.41, 5.74) is 0. The second-order valence-corrected chi connectivity index (χ2v) is 10.2. The van der Waals surface area contributed by atoms with Gasteiger partial charge in [0.1, 0.15) is 0 Å². The molecule has 8 heteroatoms. The fourth-order valence-corrected chi connectivity index (χ4v) is 5.13. The summed E-state index contributed by atoms with van der Waals surface area (Å²) in [5, 5.41) is 2.85. The number of likely N-dealkylation sites (N-methyl/N-ethyl adjacent to an activating group) is 1. The number of hydrogen-bond donors (Lipinski definition) is 1. The summed E-state index contributed by atoms with van der Waals surface area (Å²) >= 11 is 1.55. The Kier molecular flexibility index (Phi) is 9.27. The average Bonchev–Trinajstić information content (AvgIpc) is 2.71. The highest BCUT2D eigenvalue weighted by atomic mass is 32.2. The van der Waals surface area contributed by atoms with Crippen molar-refractivity contribution in [2.45, 2.75) is 54.9 Å². The number of rotatable bonds is 10. The second kappa shape index (κ2) is 11.2. The molecule has 158 valence electrons. The number of hydrogen-bond acceptors (Lipinski definition) is 5. The summed E-state index contributed by atoms with van der Waals surface area (Å²) in [5.74, 6) is -0.266. The van der Waals surface area contributed by atoms with E-state index in [4.69, 9.17) is 0 Å². The van der Waals surface area contributed by atoms with Crippen molar-refractivity contribution in [1.29, 1.82) is 0 Å². The van der Waals surface area contributed by atoms with Crippen LogP contribution in [-0.2, 0) is 14.8 Å². The number of amides is 1. The molecule has 1 heterocycles. The second-order valence-electron chi connectivity index (χ2n) is 7.23. The van der Waals surface area contributed by atoms with Gasteiger partial charge in [-0.25, -0.2) is 8.42 Å². The van der Waals surface area contributed by atoms with Crippen LogP contribution in [0.3, 0.4) is 0 Å². The van der Waals surface area contributed by atoms with Crippen LogP contribution < -0.4 is 5.32 Å². The summed E-state index contributed by atoms with van der Waals surface area (Å²) in [6.45, 7) is 4.75. The molecule has 0 spiro atoms. The van der Waals surface area contributed by atoms with Gasteiger partial charge < -0.3 is 10.2 Å². The molecule has 1 fully saturated rings. The van der Waals surface area contributed by atoms with Gasteiger partial charge in [0.2, 0.25) is 15.9 Å². The Morgan fingerprint density at radius 3 is 2.64 bits per heavy atom. The van der Waals surface area contributed by atoms with E-state index in [1.54, 1.807) is 36.0 Å². The van der Waals surface area contributed by atoms with Gasteiger partial charge in [-0.1, -0.05) is 13.3 Å². The highest BCUT2D eigenvalue weighted by Gasteiger charge is 2.23. The molecule has 0 saturated carbocycles. The standard InChI is InChI=1S/C20H33N3O3S2/c1-4-17-8-5-6-14-23(17)15-7-13-21-20(24)16-22(2)28(25,26)19-11-9-18(27-3)10-12-19/h9-12,17H,4-8,13-16H2,1-3H3,(H,21,24). The molecule has 2 rings (SSSR count). The van der Waals surface area contributed by atoms with Crippen LogP contribution in [0.5, 0.6) is 0 Å². The van der Waals surface area contributed by atoms with Gasteiger partial charge in [-0.2, -0.15) is 4.31 Å². The molecule has 0 aliphatic carbocycles. The SMILES string of the molecule is CCC1CCCCN1CCCNC(=O)CN(C)S(=O)(=O)c1ccc(SC)cc1. The minimum atomic E-state index is -3.66. The summed E-state index contributed by atoms with van der Waals surface area (Å²) in [7, 11) is -2.22. The molecule has 1 atom stereocenters. The zero-order chi connectivity index (χ0) is 20.6. The van der Waals surface area contributed by atoms with Crippen molar-refractivity contribution in [3.63, 3.8) is 0 Å². The Morgan fingerprint density at radius 1 is 1.29 bits per heavy atom. The van der Waals surface area contributed by atoms with Gasteiger partial charge >= 0.3 is 0 Å². The normalized spacial score (nSPS) is 18.4. The van der Waals surface area contributed by atoms with Crippen molar-refractivity contribution < 1.29 is 13.2 Å². The molecule has 0 bridgehead atoms. The fourth-order valence-electron chi connectivity index (χ4n) is 3.60. The monoisotopic (exact) mass is 427 g/mol. The van der Waals surface area contributed by atoms with E-state index < -0.39 is 10.0 Å². The van der Waals surface area contributed by atoms with Crippen molar-refractivity contribution in [3.8, 4) is 0 Å². The maximum absolute atomic E-state index is 12.6. The molecular formula is C20H33N3O3S2. The molecule has 1 aromatic carbocycles. The lowest BCUT2D eigenvalue weighted by Gasteiger charge is -2.35. The number of carbonyl (C=O) groups excluding carboxylic acids is 1. The van der Waals surface area contributed by atoms with E-state index in [2.05, 4.69) is 17.1 Å². The molecule has 1 aliphatic heterocycles. The van der Waals surface area contributed by atoms with Crippen molar-refractivity contribution in [2.75, 3.05) is 39.5 Å². The minimum absolute atomic E-state index is 0.173. The Balaban J connectivity index is 1.76. The number of nitrogens with one attached hydrogen (secondary N) is 1. The van der Waals surface area contributed by atoms with Crippen LogP contribution in [0, 0.1) is 0 Å². The zero-order valence-corrected chi connectivity index (χ0v) is 18.8. The predicted molar refractivity (Wildman–Crippen MR) is 115 cm³/mol. The molecular weight excluding hydrogens is 394 g/mol. The highest BCUT2D eigenvalue weighted by Crippen LogP contribution is 2.20. The third-order valence-corrected chi connectivity index (χ3v) is 7.86. The van der Waals surface area contributed by atoms with Crippen LogP contribution in [0.1, 0.15) is 39.0 Å². The van der Waals surface area contributed by atoms with Crippen LogP contribution >= 0.6 is 11.8 Å². The van der Waals surface area contributed by atoms with Gasteiger partial charge in [-0.05, 0) is 62.7 Å². The van der Waals surface area contributed by atoms with Crippen LogP contribution in [0.4, 0.5) is 0 Å². The molecule has 0 aromatic heterocycles. The number of nitrogens with zero attached hydrogens (tertiary/aromatic N) is 2. The summed E-state index contributed by atoms with van der Waals surface area (Å²) in [6, 6.07) is 7.38. The van der Waals surface area contributed by atoms with Crippen LogP contribution in [0.15, 0.2) is 34.1 Å². The zero-order valence-electron chi connectivity index (χ0n) is 17.2. The van der Waals surface area contributed by atoms with Gasteiger partial charge in [0.25, 0.3) is 0 Å².